The van der Waals surface area contributed by atoms with E-state index < -0.39 is 6.04 Å². The lowest BCUT2D eigenvalue weighted by molar-refractivity contribution is -0.124. The Hall–Kier alpha value is -2.70. The average Bonchev–Trinajstić information content (AvgIpc) is 3.05. The predicted octanol–water partition coefficient (Wildman–Crippen LogP) is 1.01. The number of aromatic nitrogens is 3. The number of carbonyl (C=O) groups is 1. The molecule has 2 aromatic heterocycles. The molecule has 3 rings (SSSR count). The van der Waals surface area contributed by atoms with Crippen LogP contribution in [0.4, 0.5) is 0 Å². The van der Waals surface area contributed by atoms with Crippen LogP contribution >= 0.6 is 0 Å². The normalized spacial score (nSPS) is 14.1. The Morgan fingerprint density at radius 2 is 2.25 bits per heavy atom. The van der Waals surface area contributed by atoms with E-state index in [4.69, 9.17) is 4.74 Å². The van der Waals surface area contributed by atoms with Crippen LogP contribution in [0.15, 0.2) is 29.2 Å². The summed E-state index contributed by atoms with van der Waals surface area (Å²) < 4.78 is 6.33. The number of fused-ring (bicyclic) bond motifs is 1. The van der Waals surface area contributed by atoms with E-state index in [1.807, 2.05) is 0 Å². The van der Waals surface area contributed by atoms with Crippen LogP contribution in [0.2, 0.25) is 0 Å². The van der Waals surface area contributed by atoms with Crippen molar-refractivity contribution in [3.05, 3.63) is 51.6 Å². The van der Waals surface area contributed by atoms with E-state index in [2.05, 4.69) is 15.4 Å². The molecule has 2 heterocycles. The summed E-state index contributed by atoms with van der Waals surface area (Å²) in [6.45, 7) is 2.01. The topological polar surface area (TPSA) is 86.1 Å². The number of amides is 1. The monoisotopic (exact) mass is 328 g/mol. The molecule has 1 aliphatic carbocycles. The molecule has 0 spiro atoms. The molecule has 2 aromatic rings. The lowest BCUT2D eigenvalue weighted by atomic mass is 10.2. The zero-order chi connectivity index (χ0) is 17.1. The van der Waals surface area contributed by atoms with E-state index in [0.717, 1.165) is 36.1 Å². The van der Waals surface area contributed by atoms with Crippen molar-refractivity contribution >= 4 is 5.91 Å². The van der Waals surface area contributed by atoms with Gasteiger partial charge in [0, 0.05) is 24.9 Å². The summed E-state index contributed by atoms with van der Waals surface area (Å²) >= 11 is 0. The molecule has 0 fully saturated rings. The maximum Gasteiger partial charge on any atom is 0.267 e. The summed E-state index contributed by atoms with van der Waals surface area (Å²) in [6.07, 6.45) is 4.39. The number of aryl methyl sites for hydroxylation is 2. The summed E-state index contributed by atoms with van der Waals surface area (Å²) in [7, 11) is 1.54. The van der Waals surface area contributed by atoms with Gasteiger partial charge in [0.2, 0.25) is 11.8 Å². The smallest absolute Gasteiger partial charge is 0.267 e. The minimum atomic E-state index is -0.660. The molecule has 1 atom stereocenters. The molecule has 0 radical (unpaired) electrons. The van der Waals surface area contributed by atoms with Crippen molar-refractivity contribution in [1.82, 2.24) is 20.1 Å². The summed E-state index contributed by atoms with van der Waals surface area (Å²) in [5.41, 5.74) is 2.57. The maximum atomic E-state index is 12.4. The van der Waals surface area contributed by atoms with Gasteiger partial charge in [0.05, 0.1) is 12.8 Å². The molecule has 7 heteroatoms. The van der Waals surface area contributed by atoms with Crippen molar-refractivity contribution in [2.45, 2.75) is 38.8 Å². The van der Waals surface area contributed by atoms with Crippen LogP contribution in [-0.4, -0.2) is 27.8 Å². The second-order valence-electron chi connectivity index (χ2n) is 5.85. The lowest BCUT2D eigenvalue weighted by Crippen LogP contribution is -2.37. The third-order valence-corrected chi connectivity index (χ3v) is 4.20. The Kier molecular flexibility index (Phi) is 4.59. The molecule has 0 saturated heterocycles. The molecular weight excluding hydrogens is 308 g/mol. The molecule has 0 bridgehead atoms. The highest BCUT2D eigenvalue weighted by Gasteiger charge is 2.21. The van der Waals surface area contributed by atoms with E-state index in [1.165, 1.54) is 4.68 Å². The first kappa shape index (κ1) is 16.2. The Bertz CT molecular complexity index is 816. The highest BCUT2D eigenvalue weighted by Crippen LogP contribution is 2.18. The van der Waals surface area contributed by atoms with E-state index in [-0.39, 0.29) is 11.5 Å². The van der Waals surface area contributed by atoms with Gasteiger partial charge < -0.3 is 10.1 Å². The molecule has 0 unspecified atom stereocenters. The fourth-order valence-corrected chi connectivity index (χ4v) is 2.81. The first-order valence-electron chi connectivity index (χ1n) is 7.96. The third-order valence-electron chi connectivity index (χ3n) is 4.20. The van der Waals surface area contributed by atoms with Gasteiger partial charge in [-0.1, -0.05) is 0 Å². The summed E-state index contributed by atoms with van der Waals surface area (Å²) in [6, 6.07) is 4.50. The summed E-state index contributed by atoms with van der Waals surface area (Å²) in [5, 5.41) is 7.19. The first-order valence-corrected chi connectivity index (χ1v) is 7.96. The predicted molar refractivity (Wildman–Crippen MR) is 87.9 cm³/mol. The molecule has 1 N–H and O–H groups in total. The van der Waals surface area contributed by atoms with Crippen LogP contribution in [0.25, 0.3) is 0 Å². The van der Waals surface area contributed by atoms with E-state index in [1.54, 1.807) is 38.4 Å². The van der Waals surface area contributed by atoms with Crippen molar-refractivity contribution in [1.29, 1.82) is 0 Å². The Morgan fingerprint density at radius 3 is 3.04 bits per heavy atom. The molecule has 0 aliphatic heterocycles. The second kappa shape index (κ2) is 6.82. The van der Waals surface area contributed by atoms with Gasteiger partial charge in [-0.25, -0.2) is 9.67 Å². The fraction of sp³-hybridized carbons (Fsp3) is 0.412. The van der Waals surface area contributed by atoms with Gasteiger partial charge >= 0.3 is 0 Å². The van der Waals surface area contributed by atoms with Crippen LogP contribution in [0, 0.1) is 0 Å². The molecule has 0 aromatic carbocycles. The average molecular weight is 328 g/mol. The molecule has 7 nitrogen and oxygen atoms in total. The van der Waals surface area contributed by atoms with Crippen LogP contribution in [-0.2, 0) is 24.2 Å². The van der Waals surface area contributed by atoms with Crippen molar-refractivity contribution in [2.75, 3.05) is 7.11 Å². The number of nitrogens with zero attached hydrogens (tertiary/aromatic N) is 3. The lowest BCUT2D eigenvalue weighted by Gasteiger charge is -2.15. The van der Waals surface area contributed by atoms with E-state index >= 15 is 0 Å². The number of pyridine rings is 1. The quantitative estimate of drug-likeness (QED) is 0.885. The van der Waals surface area contributed by atoms with Crippen LogP contribution in [0.1, 0.15) is 36.2 Å². The van der Waals surface area contributed by atoms with Gasteiger partial charge in [-0.3, -0.25) is 9.59 Å². The first-order chi connectivity index (χ1) is 11.6. The standard InChI is InChI=1S/C17H20N4O3/c1-11(21-16(22)9-13-4-3-5-14(13)20-21)17(23)19-10-12-6-7-18-15(8-12)24-2/h6-9,11H,3-5,10H2,1-2H3,(H,19,23)/t11-/m1/s1. The Morgan fingerprint density at radius 1 is 1.42 bits per heavy atom. The molecule has 0 saturated carbocycles. The maximum absolute atomic E-state index is 12.4. The Balaban J connectivity index is 1.70. The number of carbonyl (C=O) groups excluding carboxylic acids is 1. The van der Waals surface area contributed by atoms with Gasteiger partial charge in [0.25, 0.3) is 5.56 Å². The van der Waals surface area contributed by atoms with Crippen LogP contribution in [0.5, 0.6) is 5.88 Å². The summed E-state index contributed by atoms with van der Waals surface area (Å²) in [4.78, 5) is 28.6. The fourth-order valence-electron chi connectivity index (χ4n) is 2.81. The van der Waals surface area contributed by atoms with Gasteiger partial charge in [-0.05, 0) is 43.4 Å². The van der Waals surface area contributed by atoms with Crippen molar-refractivity contribution < 1.29 is 9.53 Å². The Labute approximate surface area is 139 Å². The van der Waals surface area contributed by atoms with E-state index in [0.29, 0.717) is 12.4 Å². The third kappa shape index (κ3) is 3.29. The minimum Gasteiger partial charge on any atom is -0.481 e. The number of rotatable bonds is 5. The zero-order valence-corrected chi connectivity index (χ0v) is 13.8. The van der Waals surface area contributed by atoms with E-state index in [9.17, 15) is 9.59 Å². The molecule has 1 amide bonds. The largest absolute Gasteiger partial charge is 0.481 e. The zero-order valence-electron chi connectivity index (χ0n) is 13.8. The molecular formula is C17H20N4O3. The highest BCUT2D eigenvalue weighted by atomic mass is 16.5. The van der Waals surface area contributed by atoms with Crippen molar-refractivity contribution in [3.63, 3.8) is 0 Å². The second-order valence-corrected chi connectivity index (χ2v) is 5.85. The number of nitrogens with one attached hydrogen (secondary N) is 1. The van der Waals surface area contributed by atoms with Crippen molar-refractivity contribution in [2.24, 2.45) is 0 Å². The number of ether oxygens (including phenoxy) is 1. The van der Waals surface area contributed by atoms with Crippen LogP contribution in [0.3, 0.4) is 0 Å². The van der Waals surface area contributed by atoms with Crippen molar-refractivity contribution in [3.8, 4) is 5.88 Å². The molecule has 1 aliphatic rings. The molecule has 126 valence electrons. The van der Waals surface area contributed by atoms with Gasteiger partial charge in [-0.15, -0.1) is 0 Å². The summed E-state index contributed by atoms with van der Waals surface area (Å²) in [5.74, 6) is 0.240. The number of hydrogen-bond acceptors (Lipinski definition) is 5. The molecule has 24 heavy (non-hydrogen) atoms. The highest BCUT2D eigenvalue weighted by molar-refractivity contribution is 5.79. The van der Waals surface area contributed by atoms with Gasteiger partial charge in [0.1, 0.15) is 6.04 Å². The number of methoxy groups -OCH3 is 1. The van der Waals surface area contributed by atoms with Gasteiger partial charge in [0.15, 0.2) is 0 Å². The van der Waals surface area contributed by atoms with Gasteiger partial charge in [-0.2, -0.15) is 5.10 Å². The SMILES string of the molecule is COc1cc(CNC(=O)[C@@H](C)n2nc3c(cc2=O)CCC3)ccn1. The minimum absolute atomic E-state index is 0.233. The van der Waals surface area contributed by atoms with Crippen LogP contribution < -0.4 is 15.6 Å². The number of hydrogen-bond donors (Lipinski definition) is 1.